The number of carboxylic acids is 2. The highest BCUT2D eigenvalue weighted by Crippen LogP contribution is 2.23. The van der Waals surface area contributed by atoms with E-state index in [0.29, 0.717) is 25.9 Å². The fourth-order valence-corrected chi connectivity index (χ4v) is 5.09. The first kappa shape index (κ1) is 39.3. The van der Waals surface area contributed by atoms with E-state index in [-0.39, 0.29) is 30.1 Å². The van der Waals surface area contributed by atoms with Crippen LogP contribution < -0.4 is 21.3 Å². The van der Waals surface area contributed by atoms with Crippen LogP contribution in [0, 0.1) is 23.2 Å². The van der Waals surface area contributed by atoms with Gasteiger partial charge in [0.2, 0.25) is 29.5 Å². The van der Waals surface area contributed by atoms with Gasteiger partial charge in [-0.3, -0.25) is 28.8 Å². The molecule has 1 fully saturated rings. The lowest BCUT2D eigenvalue weighted by molar-refractivity contribution is -0.153. The molecule has 1 rings (SSSR count). The van der Waals surface area contributed by atoms with Crippen LogP contribution in [-0.2, 0) is 33.6 Å². The first-order valence-electron chi connectivity index (χ1n) is 15.8. The molecule has 0 spiro atoms. The number of hydrogen-bond acceptors (Lipinski definition) is 7. The average molecular weight is 640 g/mol. The number of hydrogen-bond donors (Lipinski definition) is 6. The van der Waals surface area contributed by atoms with Crippen LogP contribution in [-0.4, -0.2) is 93.8 Å². The molecule has 5 amide bonds. The molecule has 4 unspecified atom stereocenters. The molecule has 0 saturated carbocycles. The molecule has 0 aromatic carbocycles. The van der Waals surface area contributed by atoms with Crippen LogP contribution in [0.3, 0.4) is 0 Å². The number of nitrogens with one attached hydrogen (secondary N) is 4. The van der Waals surface area contributed by atoms with Crippen LogP contribution >= 0.6 is 0 Å². The summed E-state index contributed by atoms with van der Waals surface area (Å²) < 4.78 is 0. The number of nitrogens with zero attached hydrogens (tertiary/aromatic N) is 1. The van der Waals surface area contributed by atoms with Gasteiger partial charge in [-0.15, -0.1) is 0 Å². The zero-order chi connectivity index (χ0) is 34.6. The van der Waals surface area contributed by atoms with Gasteiger partial charge in [-0.2, -0.15) is 0 Å². The van der Waals surface area contributed by atoms with E-state index in [1.54, 1.807) is 32.6 Å². The molecular formula is C31H53N5O9. The van der Waals surface area contributed by atoms with E-state index in [2.05, 4.69) is 21.3 Å². The molecule has 0 aromatic heterocycles. The van der Waals surface area contributed by atoms with Crippen molar-refractivity contribution in [3.05, 3.63) is 0 Å². The summed E-state index contributed by atoms with van der Waals surface area (Å²) in [6.07, 6.45) is 2.26. The molecule has 45 heavy (non-hydrogen) atoms. The Labute approximate surface area is 265 Å². The van der Waals surface area contributed by atoms with Crippen LogP contribution in [0.1, 0.15) is 93.9 Å². The Hall–Kier alpha value is -3.71. The van der Waals surface area contributed by atoms with Gasteiger partial charge >= 0.3 is 11.9 Å². The summed E-state index contributed by atoms with van der Waals surface area (Å²) in [7, 11) is 0. The predicted octanol–water partition coefficient (Wildman–Crippen LogP) is 1.27. The third-order valence-corrected chi connectivity index (χ3v) is 8.22. The van der Waals surface area contributed by atoms with Crippen LogP contribution in [0.4, 0.5) is 0 Å². The Balaban J connectivity index is 3.41. The topological polar surface area (TPSA) is 211 Å². The number of carbonyl (C=O) groups excluding carboxylic acids is 5. The SMILES string of the molecule is CCC(CC)C(=O)NC(C(=O)NC(CC(=O)N1CCCC1)C(=O)NC(C(=O)NC(CC(C)C)C(=O)O)C(C)(C)C(=O)O)C(C)C. The summed E-state index contributed by atoms with van der Waals surface area (Å²) in [5, 5.41) is 29.6. The van der Waals surface area contributed by atoms with Gasteiger partial charge in [0.25, 0.3) is 0 Å². The number of rotatable bonds is 18. The van der Waals surface area contributed by atoms with Crippen molar-refractivity contribution in [1.29, 1.82) is 0 Å². The van der Waals surface area contributed by atoms with Crippen LogP contribution in [0.5, 0.6) is 0 Å². The third kappa shape index (κ3) is 11.6. The Morgan fingerprint density at radius 2 is 1.27 bits per heavy atom. The molecule has 14 heteroatoms. The lowest BCUT2D eigenvalue weighted by Gasteiger charge is -2.33. The summed E-state index contributed by atoms with van der Waals surface area (Å²) in [5.74, 6) is -7.12. The smallest absolute Gasteiger partial charge is 0.326 e. The van der Waals surface area contributed by atoms with Crippen molar-refractivity contribution in [3.8, 4) is 0 Å². The van der Waals surface area contributed by atoms with Crippen molar-refractivity contribution in [3.63, 3.8) is 0 Å². The molecule has 1 heterocycles. The van der Waals surface area contributed by atoms with Gasteiger partial charge in [0.05, 0.1) is 11.8 Å². The maximum atomic E-state index is 13.8. The highest BCUT2D eigenvalue weighted by Gasteiger charge is 2.45. The van der Waals surface area contributed by atoms with Crippen molar-refractivity contribution in [2.75, 3.05) is 13.1 Å². The Kier molecular flexibility index (Phi) is 15.5. The summed E-state index contributed by atoms with van der Waals surface area (Å²) in [6, 6.07) is -5.69. The molecule has 1 saturated heterocycles. The number of carboxylic acid groups (broad SMARTS) is 2. The van der Waals surface area contributed by atoms with Gasteiger partial charge in [-0.25, -0.2) is 4.79 Å². The molecule has 0 bridgehead atoms. The van der Waals surface area contributed by atoms with Gasteiger partial charge < -0.3 is 36.4 Å². The predicted molar refractivity (Wildman–Crippen MR) is 166 cm³/mol. The van der Waals surface area contributed by atoms with Gasteiger partial charge in [-0.1, -0.05) is 41.5 Å². The van der Waals surface area contributed by atoms with E-state index >= 15 is 0 Å². The number of amides is 5. The van der Waals surface area contributed by atoms with Crippen LogP contribution in [0.25, 0.3) is 0 Å². The summed E-state index contributed by atoms with van der Waals surface area (Å²) in [5.41, 5.74) is -1.92. The van der Waals surface area contributed by atoms with E-state index in [9.17, 15) is 43.8 Å². The van der Waals surface area contributed by atoms with Crippen molar-refractivity contribution in [2.24, 2.45) is 23.2 Å². The summed E-state index contributed by atoms with van der Waals surface area (Å²) in [6.45, 7) is 14.0. The molecule has 0 aliphatic carbocycles. The molecule has 14 nitrogen and oxygen atoms in total. The molecule has 4 atom stereocenters. The quantitative estimate of drug-likeness (QED) is 0.127. The standard InChI is InChI=1S/C31H53N5O9/c1-9-19(10-2)25(38)34-23(18(5)6)27(40)32-20(16-22(37)36-13-11-12-14-36)26(39)35-24(31(7,8)30(44)45)28(41)33-21(29(42)43)15-17(3)4/h17-21,23-24H,9-16H2,1-8H3,(H,32,40)(H,33,41)(H,34,38)(H,35,39)(H,42,43)(H,44,45). The largest absolute Gasteiger partial charge is 0.481 e. The molecule has 0 radical (unpaired) electrons. The number of carbonyl (C=O) groups is 7. The van der Waals surface area contributed by atoms with Gasteiger partial charge in [0, 0.05) is 19.0 Å². The molecule has 6 N–H and O–H groups in total. The second-order valence-corrected chi connectivity index (χ2v) is 13.1. The average Bonchev–Trinajstić information content (AvgIpc) is 3.49. The van der Waals surface area contributed by atoms with E-state index in [1.807, 2.05) is 13.8 Å². The summed E-state index contributed by atoms with van der Waals surface area (Å²) >= 11 is 0. The van der Waals surface area contributed by atoms with E-state index in [4.69, 9.17) is 0 Å². The molecule has 1 aliphatic heterocycles. The monoisotopic (exact) mass is 639 g/mol. The molecular weight excluding hydrogens is 586 g/mol. The highest BCUT2D eigenvalue weighted by atomic mass is 16.4. The number of likely N-dealkylation sites (tertiary alicyclic amines) is 1. The second-order valence-electron chi connectivity index (χ2n) is 13.1. The minimum atomic E-state index is -1.92. The maximum absolute atomic E-state index is 13.8. The van der Waals surface area contributed by atoms with Gasteiger partial charge in [0.1, 0.15) is 24.2 Å². The van der Waals surface area contributed by atoms with E-state index in [1.165, 1.54) is 13.8 Å². The van der Waals surface area contributed by atoms with Gasteiger partial charge in [-0.05, 0) is 57.8 Å². The first-order valence-corrected chi connectivity index (χ1v) is 15.8. The van der Waals surface area contributed by atoms with Crippen LogP contribution in [0.2, 0.25) is 0 Å². The lowest BCUT2D eigenvalue weighted by atomic mass is 9.83. The van der Waals surface area contributed by atoms with Gasteiger partial charge in [0.15, 0.2) is 0 Å². The molecule has 1 aliphatic rings. The minimum absolute atomic E-state index is 0.0531. The second kappa shape index (κ2) is 17.7. The van der Waals surface area contributed by atoms with E-state index < -0.39 is 71.6 Å². The third-order valence-electron chi connectivity index (χ3n) is 8.22. The fourth-order valence-electron chi connectivity index (χ4n) is 5.09. The Bertz CT molecular complexity index is 1080. The fraction of sp³-hybridized carbons (Fsp3) is 0.774. The zero-order valence-electron chi connectivity index (χ0n) is 27.9. The van der Waals surface area contributed by atoms with Crippen LogP contribution in [0.15, 0.2) is 0 Å². The van der Waals surface area contributed by atoms with Crippen molar-refractivity contribution < 1.29 is 43.8 Å². The highest BCUT2D eigenvalue weighted by molar-refractivity contribution is 5.99. The number of aliphatic carboxylic acids is 2. The van der Waals surface area contributed by atoms with Crippen molar-refractivity contribution in [2.45, 2.75) is 118 Å². The minimum Gasteiger partial charge on any atom is -0.481 e. The lowest BCUT2D eigenvalue weighted by Crippen LogP contribution is -2.63. The Morgan fingerprint density at radius 1 is 0.733 bits per heavy atom. The van der Waals surface area contributed by atoms with E-state index in [0.717, 1.165) is 12.8 Å². The van der Waals surface area contributed by atoms with Crippen molar-refractivity contribution in [1.82, 2.24) is 26.2 Å². The maximum Gasteiger partial charge on any atom is 0.326 e. The molecule has 256 valence electrons. The normalized spacial score (nSPS) is 16.1. The zero-order valence-corrected chi connectivity index (χ0v) is 27.9. The first-order chi connectivity index (χ1) is 20.9. The molecule has 0 aromatic rings. The Morgan fingerprint density at radius 3 is 1.71 bits per heavy atom. The van der Waals surface area contributed by atoms with Crippen molar-refractivity contribution >= 4 is 41.5 Å². The summed E-state index contributed by atoms with van der Waals surface area (Å²) in [4.78, 5) is 92.2.